The van der Waals surface area contributed by atoms with Gasteiger partial charge in [-0.3, -0.25) is 0 Å². The predicted octanol–water partition coefficient (Wildman–Crippen LogP) is 3.97. The van der Waals surface area contributed by atoms with Gasteiger partial charge in [-0.05, 0) is 49.7 Å². The molecular formula is C16H26N2. The van der Waals surface area contributed by atoms with E-state index < -0.39 is 0 Å². The van der Waals surface area contributed by atoms with Gasteiger partial charge in [-0.2, -0.15) is 0 Å². The third-order valence-corrected chi connectivity index (χ3v) is 5.14. The second-order valence-corrected chi connectivity index (χ2v) is 6.14. The second kappa shape index (κ2) is 5.08. The third-order valence-electron chi connectivity index (χ3n) is 5.14. The maximum atomic E-state index is 6.24. The van der Waals surface area contributed by atoms with Crippen molar-refractivity contribution >= 4 is 0 Å². The molecule has 2 nitrogen and oxygen atoms in total. The molecule has 2 aliphatic rings. The summed E-state index contributed by atoms with van der Waals surface area (Å²) in [5.74, 6) is 0.883. The maximum absolute atomic E-state index is 6.24. The van der Waals surface area contributed by atoms with Crippen molar-refractivity contribution in [1.82, 2.24) is 4.57 Å². The lowest BCUT2D eigenvalue weighted by Crippen LogP contribution is -2.26. The molecule has 1 heterocycles. The van der Waals surface area contributed by atoms with Crippen molar-refractivity contribution in [3.63, 3.8) is 0 Å². The summed E-state index contributed by atoms with van der Waals surface area (Å²) in [6, 6.07) is 3.33. The van der Waals surface area contributed by atoms with Crippen molar-refractivity contribution in [1.29, 1.82) is 0 Å². The smallest absolute Gasteiger partial charge is 0.0361 e. The fraction of sp³-hybridized carbons (Fsp3) is 0.750. The van der Waals surface area contributed by atoms with Gasteiger partial charge in [-0.25, -0.2) is 0 Å². The van der Waals surface area contributed by atoms with Crippen molar-refractivity contribution in [3.8, 4) is 0 Å². The van der Waals surface area contributed by atoms with Gasteiger partial charge in [0, 0.05) is 24.0 Å². The molecule has 3 atom stereocenters. The molecule has 2 aliphatic carbocycles. The zero-order valence-electron chi connectivity index (χ0n) is 11.6. The van der Waals surface area contributed by atoms with Crippen LogP contribution in [0.1, 0.15) is 75.2 Å². The lowest BCUT2D eigenvalue weighted by molar-refractivity contribution is 0.228. The molecule has 0 amide bonds. The van der Waals surface area contributed by atoms with Crippen LogP contribution in [0.15, 0.2) is 12.3 Å². The number of rotatable bonds is 2. The Kier molecular flexibility index (Phi) is 3.47. The molecule has 0 bridgehead atoms. The summed E-state index contributed by atoms with van der Waals surface area (Å²) < 4.78 is 2.60. The topological polar surface area (TPSA) is 30.9 Å². The van der Waals surface area contributed by atoms with Gasteiger partial charge in [0.1, 0.15) is 0 Å². The van der Waals surface area contributed by atoms with Crippen molar-refractivity contribution in [2.75, 3.05) is 0 Å². The summed E-state index contributed by atoms with van der Waals surface area (Å²) in [5, 5.41) is 0. The van der Waals surface area contributed by atoms with Gasteiger partial charge in [0.05, 0.1) is 0 Å². The maximum Gasteiger partial charge on any atom is 0.0361 e. The Balaban J connectivity index is 1.91. The van der Waals surface area contributed by atoms with Crippen LogP contribution in [0.4, 0.5) is 0 Å². The fourth-order valence-electron chi connectivity index (χ4n) is 4.09. The first-order chi connectivity index (χ1) is 8.81. The van der Waals surface area contributed by atoms with Crippen LogP contribution < -0.4 is 5.73 Å². The molecule has 100 valence electrons. The summed E-state index contributed by atoms with van der Waals surface area (Å²) in [6.45, 7) is 2.35. The highest BCUT2D eigenvalue weighted by molar-refractivity contribution is 5.29. The lowest BCUT2D eigenvalue weighted by atomic mass is 9.82. The van der Waals surface area contributed by atoms with E-state index in [9.17, 15) is 0 Å². The second-order valence-electron chi connectivity index (χ2n) is 6.14. The number of nitrogens with two attached hydrogens (primary N) is 1. The van der Waals surface area contributed by atoms with E-state index >= 15 is 0 Å². The van der Waals surface area contributed by atoms with E-state index in [4.69, 9.17) is 5.73 Å². The quantitative estimate of drug-likeness (QED) is 0.841. The van der Waals surface area contributed by atoms with Crippen LogP contribution in [0.2, 0.25) is 0 Å². The molecular weight excluding hydrogens is 220 g/mol. The van der Waals surface area contributed by atoms with E-state index in [2.05, 4.69) is 23.8 Å². The van der Waals surface area contributed by atoms with Crippen LogP contribution in [0.25, 0.3) is 0 Å². The standard InChI is InChI=1S/C16H26N2/c1-2-12-6-3-4-8-15(12)18-11-10-13-14(17)7-5-9-16(13)18/h10-12,14-15H,2-9,17H2,1H3. The molecule has 1 aromatic heterocycles. The monoisotopic (exact) mass is 246 g/mol. The van der Waals surface area contributed by atoms with Crippen LogP contribution >= 0.6 is 0 Å². The zero-order valence-corrected chi connectivity index (χ0v) is 11.6. The summed E-state index contributed by atoms with van der Waals surface area (Å²) in [4.78, 5) is 0. The number of hydrogen-bond acceptors (Lipinski definition) is 1. The highest BCUT2D eigenvalue weighted by atomic mass is 15.0. The number of aromatic nitrogens is 1. The van der Waals surface area contributed by atoms with Gasteiger partial charge in [0.15, 0.2) is 0 Å². The summed E-state index contributed by atoms with van der Waals surface area (Å²) in [5.41, 5.74) is 9.23. The van der Waals surface area contributed by atoms with Gasteiger partial charge in [0.25, 0.3) is 0 Å². The van der Waals surface area contributed by atoms with Crippen LogP contribution in [-0.2, 0) is 6.42 Å². The average Bonchev–Trinajstić information content (AvgIpc) is 2.84. The van der Waals surface area contributed by atoms with Gasteiger partial charge < -0.3 is 10.3 Å². The van der Waals surface area contributed by atoms with E-state index in [1.54, 1.807) is 5.69 Å². The molecule has 2 N–H and O–H groups in total. The molecule has 0 aromatic carbocycles. The SMILES string of the molecule is CCC1CCCCC1n1ccc2c1CCCC2N. The Morgan fingerprint density at radius 3 is 2.89 bits per heavy atom. The van der Waals surface area contributed by atoms with E-state index in [1.165, 1.54) is 56.9 Å². The van der Waals surface area contributed by atoms with Crippen LogP contribution in [-0.4, -0.2) is 4.57 Å². The zero-order chi connectivity index (χ0) is 12.5. The van der Waals surface area contributed by atoms with E-state index in [0.29, 0.717) is 6.04 Å². The van der Waals surface area contributed by atoms with Crippen molar-refractivity contribution < 1.29 is 0 Å². The summed E-state index contributed by atoms with van der Waals surface area (Å²) >= 11 is 0. The van der Waals surface area contributed by atoms with Crippen LogP contribution in [0.5, 0.6) is 0 Å². The van der Waals surface area contributed by atoms with Gasteiger partial charge in [-0.15, -0.1) is 0 Å². The largest absolute Gasteiger partial charge is 0.348 e. The summed E-state index contributed by atoms with van der Waals surface area (Å²) in [6.07, 6.45) is 12.9. The molecule has 2 heteroatoms. The molecule has 0 saturated heterocycles. The molecule has 3 rings (SSSR count). The molecule has 0 radical (unpaired) electrons. The molecule has 1 saturated carbocycles. The first kappa shape index (κ1) is 12.3. The highest BCUT2D eigenvalue weighted by Crippen LogP contribution is 2.39. The highest BCUT2D eigenvalue weighted by Gasteiger charge is 2.29. The van der Waals surface area contributed by atoms with Crippen molar-refractivity contribution in [2.45, 2.75) is 70.4 Å². The van der Waals surface area contributed by atoms with Gasteiger partial charge in [0.2, 0.25) is 0 Å². The minimum absolute atomic E-state index is 0.290. The number of hydrogen-bond donors (Lipinski definition) is 1. The van der Waals surface area contributed by atoms with E-state index in [-0.39, 0.29) is 0 Å². The first-order valence-corrected chi connectivity index (χ1v) is 7.76. The van der Waals surface area contributed by atoms with Crippen LogP contribution in [0.3, 0.4) is 0 Å². The number of fused-ring (bicyclic) bond motifs is 1. The minimum Gasteiger partial charge on any atom is -0.348 e. The Labute approximate surface area is 111 Å². The lowest BCUT2D eigenvalue weighted by Gasteiger charge is -2.34. The van der Waals surface area contributed by atoms with E-state index in [1.807, 2.05) is 0 Å². The third kappa shape index (κ3) is 2.01. The molecule has 1 aromatic rings. The van der Waals surface area contributed by atoms with Crippen molar-refractivity contribution in [3.05, 3.63) is 23.5 Å². The first-order valence-electron chi connectivity index (χ1n) is 7.76. The molecule has 3 unspecified atom stereocenters. The number of nitrogens with zero attached hydrogens (tertiary/aromatic N) is 1. The normalized spacial score (nSPS) is 32.2. The molecule has 0 aliphatic heterocycles. The minimum atomic E-state index is 0.290. The Morgan fingerprint density at radius 1 is 1.22 bits per heavy atom. The fourth-order valence-corrected chi connectivity index (χ4v) is 4.09. The Morgan fingerprint density at radius 2 is 2.06 bits per heavy atom. The predicted molar refractivity (Wildman–Crippen MR) is 75.6 cm³/mol. The average molecular weight is 246 g/mol. The summed E-state index contributed by atoms with van der Waals surface area (Å²) in [7, 11) is 0. The molecule has 1 fully saturated rings. The molecule has 0 spiro atoms. The van der Waals surface area contributed by atoms with Crippen molar-refractivity contribution in [2.24, 2.45) is 11.7 Å². The van der Waals surface area contributed by atoms with Gasteiger partial charge >= 0.3 is 0 Å². The Hall–Kier alpha value is -0.760. The van der Waals surface area contributed by atoms with Crippen LogP contribution in [0, 0.1) is 5.92 Å². The van der Waals surface area contributed by atoms with Gasteiger partial charge in [-0.1, -0.05) is 26.2 Å². The van der Waals surface area contributed by atoms with E-state index in [0.717, 1.165) is 12.0 Å². The Bertz CT molecular complexity index is 407. The molecule has 18 heavy (non-hydrogen) atoms.